The number of aromatic nitrogens is 1. The molecule has 3 rings (SSSR count). The van der Waals surface area contributed by atoms with Crippen LogP contribution in [0.25, 0.3) is 0 Å². The summed E-state index contributed by atoms with van der Waals surface area (Å²) in [7, 11) is 0. The zero-order valence-electron chi connectivity index (χ0n) is 12.2. The summed E-state index contributed by atoms with van der Waals surface area (Å²) in [6.45, 7) is 5.33. The van der Waals surface area contributed by atoms with Gasteiger partial charge in [0.05, 0.1) is 0 Å². The molecule has 1 aromatic rings. The first-order valence-electron chi connectivity index (χ1n) is 7.98. The van der Waals surface area contributed by atoms with Gasteiger partial charge in [-0.05, 0) is 37.4 Å². The lowest BCUT2D eigenvalue weighted by Gasteiger charge is -2.44. The molecule has 110 valence electrons. The van der Waals surface area contributed by atoms with Crippen molar-refractivity contribution in [1.82, 2.24) is 9.88 Å². The van der Waals surface area contributed by atoms with Gasteiger partial charge in [0.1, 0.15) is 5.82 Å². The fraction of sp³-hybridized carbons (Fsp3) is 0.688. The molecule has 0 amide bonds. The number of nitrogens with zero attached hydrogens (tertiary/aromatic N) is 3. The van der Waals surface area contributed by atoms with E-state index < -0.39 is 0 Å². The third-order valence-electron chi connectivity index (χ3n) is 4.93. The molecule has 2 atom stereocenters. The fourth-order valence-corrected chi connectivity index (χ4v) is 3.77. The van der Waals surface area contributed by atoms with Gasteiger partial charge in [-0.2, -0.15) is 0 Å². The molecule has 2 N–H and O–H groups in total. The Bertz CT molecular complexity index is 400. The van der Waals surface area contributed by atoms with Crippen molar-refractivity contribution >= 4 is 5.82 Å². The van der Waals surface area contributed by atoms with Crippen molar-refractivity contribution in [1.29, 1.82) is 0 Å². The van der Waals surface area contributed by atoms with E-state index in [4.69, 9.17) is 5.73 Å². The number of piperazine rings is 1. The third kappa shape index (κ3) is 2.96. The smallest absolute Gasteiger partial charge is 0.128 e. The van der Waals surface area contributed by atoms with Crippen molar-refractivity contribution in [3.05, 3.63) is 24.4 Å². The van der Waals surface area contributed by atoms with E-state index in [2.05, 4.69) is 26.9 Å². The fourth-order valence-electron chi connectivity index (χ4n) is 3.77. The van der Waals surface area contributed by atoms with Gasteiger partial charge in [0.2, 0.25) is 0 Å². The normalized spacial score (nSPS) is 28.6. The second kappa shape index (κ2) is 6.55. The van der Waals surface area contributed by atoms with Gasteiger partial charge < -0.3 is 10.6 Å². The van der Waals surface area contributed by atoms with Crippen molar-refractivity contribution in [2.45, 2.75) is 31.7 Å². The summed E-state index contributed by atoms with van der Waals surface area (Å²) in [5, 5.41) is 0. The summed E-state index contributed by atoms with van der Waals surface area (Å²) in [6.07, 6.45) is 7.29. The Labute approximate surface area is 122 Å². The van der Waals surface area contributed by atoms with Gasteiger partial charge in [-0.15, -0.1) is 0 Å². The molecule has 4 heteroatoms. The molecular formula is C16H26N4. The van der Waals surface area contributed by atoms with E-state index in [1.807, 2.05) is 12.3 Å². The van der Waals surface area contributed by atoms with E-state index in [-0.39, 0.29) is 0 Å². The zero-order chi connectivity index (χ0) is 13.8. The molecule has 1 aliphatic heterocycles. The van der Waals surface area contributed by atoms with Crippen LogP contribution in [0.1, 0.15) is 25.7 Å². The van der Waals surface area contributed by atoms with Gasteiger partial charge >= 0.3 is 0 Å². The van der Waals surface area contributed by atoms with Crippen molar-refractivity contribution in [2.75, 3.05) is 37.6 Å². The minimum Gasteiger partial charge on any atom is -0.354 e. The third-order valence-corrected chi connectivity index (χ3v) is 4.93. The molecule has 2 heterocycles. The number of nitrogens with two attached hydrogens (primary N) is 1. The van der Waals surface area contributed by atoms with Crippen molar-refractivity contribution in [3.63, 3.8) is 0 Å². The van der Waals surface area contributed by atoms with Crippen LogP contribution in [0.3, 0.4) is 0 Å². The first kappa shape index (κ1) is 13.8. The average Bonchev–Trinajstić information content (AvgIpc) is 2.56. The van der Waals surface area contributed by atoms with E-state index in [9.17, 15) is 0 Å². The van der Waals surface area contributed by atoms with Crippen LogP contribution in [0.15, 0.2) is 24.4 Å². The summed E-state index contributed by atoms with van der Waals surface area (Å²) < 4.78 is 0. The van der Waals surface area contributed by atoms with Gasteiger partial charge in [-0.1, -0.05) is 18.9 Å². The van der Waals surface area contributed by atoms with Gasteiger partial charge in [0.25, 0.3) is 0 Å². The van der Waals surface area contributed by atoms with E-state index in [0.29, 0.717) is 5.92 Å². The Balaban J connectivity index is 1.58. The minimum absolute atomic E-state index is 0.713. The number of anilines is 1. The molecule has 0 aromatic carbocycles. The SMILES string of the molecule is NCC1CCCCC1N1CCN(c2ccccn2)CC1. The number of rotatable bonds is 3. The monoisotopic (exact) mass is 274 g/mol. The standard InChI is InChI=1S/C16H26N4/c17-13-14-5-1-2-6-15(14)19-9-11-20(12-10-19)16-7-3-4-8-18-16/h3-4,7-8,14-15H,1-2,5-6,9-13,17H2. The molecule has 2 aliphatic rings. The molecular weight excluding hydrogens is 248 g/mol. The van der Waals surface area contributed by atoms with E-state index in [0.717, 1.165) is 44.6 Å². The largest absolute Gasteiger partial charge is 0.354 e. The number of hydrogen-bond acceptors (Lipinski definition) is 4. The van der Waals surface area contributed by atoms with Crippen LogP contribution in [0, 0.1) is 5.92 Å². The maximum absolute atomic E-state index is 5.97. The van der Waals surface area contributed by atoms with E-state index in [1.54, 1.807) is 0 Å². The molecule has 1 saturated carbocycles. The van der Waals surface area contributed by atoms with Crippen LogP contribution in [0.4, 0.5) is 5.82 Å². The quantitative estimate of drug-likeness (QED) is 0.911. The molecule has 0 bridgehead atoms. The lowest BCUT2D eigenvalue weighted by atomic mass is 9.83. The highest BCUT2D eigenvalue weighted by atomic mass is 15.3. The Hall–Kier alpha value is -1.13. The van der Waals surface area contributed by atoms with Crippen LogP contribution in [-0.2, 0) is 0 Å². The van der Waals surface area contributed by atoms with Crippen LogP contribution in [-0.4, -0.2) is 48.6 Å². The van der Waals surface area contributed by atoms with Gasteiger partial charge in [0.15, 0.2) is 0 Å². The summed E-state index contributed by atoms with van der Waals surface area (Å²) in [5.41, 5.74) is 5.97. The molecule has 2 unspecified atom stereocenters. The van der Waals surface area contributed by atoms with E-state index >= 15 is 0 Å². The summed E-state index contributed by atoms with van der Waals surface area (Å²) in [5.74, 6) is 1.83. The first-order chi connectivity index (χ1) is 9.88. The van der Waals surface area contributed by atoms with Gasteiger partial charge in [-0.3, -0.25) is 4.90 Å². The van der Waals surface area contributed by atoms with E-state index in [1.165, 1.54) is 25.7 Å². The molecule has 1 aromatic heterocycles. The van der Waals surface area contributed by atoms with Crippen molar-refractivity contribution < 1.29 is 0 Å². The summed E-state index contributed by atoms with van der Waals surface area (Å²) in [6, 6.07) is 6.88. The minimum atomic E-state index is 0.713. The predicted molar refractivity (Wildman–Crippen MR) is 82.8 cm³/mol. The molecule has 0 spiro atoms. The number of pyridine rings is 1. The Morgan fingerprint density at radius 3 is 2.60 bits per heavy atom. The number of hydrogen-bond donors (Lipinski definition) is 1. The van der Waals surface area contributed by atoms with Crippen LogP contribution in [0.5, 0.6) is 0 Å². The highest BCUT2D eigenvalue weighted by molar-refractivity contribution is 5.38. The lowest BCUT2D eigenvalue weighted by Crippen LogP contribution is -2.54. The van der Waals surface area contributed by atoms with Crippen LogP contribution in [0.2, 0.25) is 0 Å². The molecule has 2 fully saturated rings. The predicted octanol–water partition coefficient (Wildman–Crippen LogP) is 1.72. The summed E-state index contributed by atoms with van der Waals surface area (Å²) >= 11 is 0. The first-order valence-corrected chi connectivity index (χ1v) is 7.98. The molecule has 4 nitrogen and oxygen atoms in total. The maximum Gasteiger partial charge on any atom is 0.128 e. The van der Waals surface area contributed by atoms with Crippen molar-refractivity contribution in [2.24, 2.45) is 11.7 Å². The Morgan fingerprint density at radius 2 is 1.90 bits per heavy atom. The highest BCUT2D eigenvalue weighted by Crippen LogP contribution is 2.28. The molecule has 20 heavy (non-hydrogen) atoms. The lowest BCUT2D eigenvalue weighted by molar-refractivity contribution is 0.101. The van der Waals surface area contributed by atoms with Gasteiger partial charge in [-0.25, -0.2) is 4.98 Å². The van der Waals surface area contributed by atoms with Gasteiger partial charge in [0, 0.05) is 38.4 Å². The molecule has 0 radical (unpaired) electrons. The zero-order valence-corrected chi connectivity index (χ0v) is 12.2. The topological polar surface area (TPSA) is 45.4 Å². The highest BCUT2D eigenvalue weighted by Gasteiger charge is 2.31. The molecule has 1 aliphatic carbocycles. The maximum atomic E-state index is 5.97. The van der Waals surface area contributed by atoms with Crippen LogP contribution < -0.4 is 10.6 Å². The average molecular weight is 274 g/mol. The second-order valence-corrected chi connectivity index (χ2v) is 6.06. The van der Waals surface area contributed by atoms with Crippen molar-refractivity contribution in [3.8, 4) is 0 Å². The van der Waals surface area contributed by atoms with Crippen LogP contribution >= 0.6 is 0 Å². The summed E-state index contributed by atoms with van der Waals surface area (Å²) in [4.78, 5) is 9.53. The second-order valence-electron chi connectivity index (χ2n) is 6.06. The Morgan fingerprint density at radius 1 is 1.10 bits per heavy atom. The molecule has 1 saturated heterocycles. The Kier molecular flexibility index (Phi) is 4.53.